The van der Waals surface area contributed by atoms with E-state index in [0.717, 1.165) is 17.8 Å². The molecule has 2 rings (SSSR count). The summed E-state index contributed by atoms with van der Waals surface area (Å²) in [6.45, 7) is 2.94. The van der Waals surface area contributed by atoms with Crippen molar-refractivity contribution in [1.82, 2.24) is 0 Å². The van der Waals surface area contributed by atoms with Crippen molar-refractivity contribution in [2.24, 2.45) is 0 Å². The van der Waals surface area contributed by atoms with E-state index in [-0.39, 0.29) is 6.54 Å². The lowest BCUT2D eigenvalue weighted by molar-refractivity contribution is -0.159. The van der Waals surface area contributed by atoms with E-state index in [4.69, 9.17) is 5.11 Å². The molecule has 4 heteroatoms. The van der Waals surface area contributed by atoms with Crippen LogP contribution in [0.3, 0.4) is 0 Å². The normalized spacial score (nSPS) is 24.7. The highest BCUT2D eigenvalue weighted by atomic mass is 16.4. The van der Waals surface area contributed by atoms with Gasteiger partial charge in [-0.1, -0.05) is 18.2 Å². The fourth-order valence-electron chi connectivity index (χ4n) is 2.33. The van der Waals surface area contributed by atoms with Gasteiger partial charge in [-0.2, -0.15) is 0 Å². The van der Waals surface area contributed by atoms with Crippen molar-refractivity contribution in [2.75, 3.05) is 18.0 Å². The molecule has 1 fully saturated rings. The van der Waals surface area contributed by atoms with Crippen LogP contribution in [-0.4, -0.2) is 34.9 Å². The van der Waals surface area contributed by atoms with Crippen LogP contribution < -0.4 is 4.90 Å². The number of hydrogen-bond donors (Lipinski definition) is 2. The quantitative estimate of drug-likeness (QED) is 0.813. The van der Waals surface area contributed by atoms with E-state index in [1.165, 1.54) is 0 Å². The summed E-state index contributed by atoms with van der Waals surface area (Å²) in [7, 11) is 0. The minimum absolute atomic E-state index is 0.160. The third-order valence-electron chi connectivity index (χ3n) is 3.33. The first-order chi connectivity index (χ1) is 8.03. The number of rotatable bonds is 2. The Morgan fingerprint density at radius 1 is 1.41 bits per heavy atom. The maximum Gasteiger partial charge on any atom is 0.337 e. The molecule has 17 heavy (non-hydrogen) atoms. The number of carboxylic acids is 1. The lowest BCUT2D eigenvalue weighted by atomic mass is 9.92. The van der Waals surface area contributed by atoms with Crippen molar-refractivity contribution in [3.63, 3.8) is 0 Å². The van der Waals surface area contributed by atoms with E-state index in [1.54, 1.807) is 0 Å². The number of carbonyl (C=O) groups is 1. The van der Waals surface area contributed by atoms with Gasteiger partial charge in [0, 0.05) is 12.2 Å². The van der Waals surface area contributed by atoms with Gasteiger partial charge in [-0.05, 0) is 31.4 Å². The Morgan fingerprint density at radius 3 is 2.76 bits per heavy atom. The first-order valence-electron chi connectivity index (χ1n) is 5.79. The summed E-state index contributed by atoms with van der Waals surface area (Å²) in [6, 6.07) is 7.83. The highest BCUT2D eigenvalue weighted by Gasteiger charge is 2.40. The van der Waals surface area contributed by atoms with E-state index >= 15 is 0 Å². The summed E-state index contributed by atoms with van der Waals surface area (Å²) >= 11 is 0. The number of carboxylic acid groups (broad SMARTS) is 1. The monoisotopic (exact) mass is 235 g/mol. The Labute approximate surface area is 100 Å². The molecule has 0 spiro atoms. The second-order valence-electron chi connectivity index (χ2n) is 4.65. The predicted octanol–water partition coefficient (Wildman–Crippen LogP) is 1.41. The van der Waals surface area contributed by atoms with Crippen molar-refractivity contribution in [2.45, 2.75) is 25.4 Å². The Hall–Kier alpha value is -1.55. The lowest BCUT2D eigenvalue weighted by Gasteiger charge is -2.38. The Morgan fingerprint density at radius 2 is 2.12 bits per heavy atom. The van der Waals surface area contributed by atoms with Crippen LogP contribution in [0, 0.1) is 6.92 Å². The molecule has 0 radical (unpaired) electrons. The summed E-state index contributed by atoms with van der Waals surface area (Å²) in [5.74, 6) is -1.13. The number of β-amino-alcohol motifs (C(OH)–C–C–N with tert-alkyl or cyclic N) is 1. The molecule has 1 aliphatic rings. The van der Waals surface area contributed by atoms with Crippen LogP contribution in [0.15, 0.2) is 24.3 Å². The molecule has 1 saturated heterocycles. The van der Waals surface area contributed by atoms with Gasteiger partial charge in [-0.3, -0.25) is 0 Å². The van der Waals surface area contributed by atoms with Gasteiger partial charge in [-0.25, -0.2) is 4.79 Å². The third-order valence-corrected chi connectivity index (χ3v) is 3.33. The first-order valence-corrected chi connectivity index (χ1v) is 5.79. The van der Waals surface area contributed by atoms with Crippen LogP contribution >= 0.6 is 0 Å². The van der Waals surface area contributed by atoms with Crippen LogP contribution in [0.1, 0.15) is 18.4 Å². The molecule has 1 aromatic rings. The van der Waals surface area contributed by atoms with Crippen molar-refractivity contribution < 1.29 is 15.0 Å². The van der Waals surface area contributed by atoms with Gasteiger partial charge in [0.2, 0.25) is 0 Å². The van der Waals surface area contributed by atoms with Gasteiger partial charge in [-0.15, -0.1) is 0 Å². The molecule has 92 valence electrons. The van der Waals surface area contributed by atoms with Crippen LogP contribution in [-0.2, 0) is 4.79 Å². The maximum atomic E-state index is 11.1. The summed E-state index contributed by atoms with van der Waals surface area (Å²) in [5.41, 5.74) is 0.495. The standard InChI is InChI=1S/C13H17NO3/c1-10-5-2-3-6-11(10)14-8-4-7-13(17,9-14)12(15)16/h2-3,5-6,17H,4,7-9H2,1H3,(H,15,16). The van der Waals surface area contributed by atoms with Crippen molar-refractivity contribution in [3.05, 3.63) is 29.8 Å². The number of piperidine rings is 1. The Balaban J connectivity index is 2.24. The van der Waals surface area contributed by atoms with E-state index in [0.29, 0.717) is 12.8 Å². The number of hydrogen-bond acceptors (Lipinski definition) is 3. The third kappa shape index (κ3) is 2.26. The van der Waals surface area contributed by atoms with Crippen LogP contribution in [0.25, 0.3) is 0 Å². The van der Waals surface area contributed by atoms with E-state index < -0.39 is 11.6 Å². The minimum atomic E-state index is -1.61. The molecule has 0 aliphatic carbocycles. The van der Waals surface area contributed by atoms with Gasteiger partial charge in [0.15, 0.2) is 5.60 Å². The molecule has 1 atom stereocenters. The summed E-state index contributed by atoms with van der Waals surface area (Å²) < 4.78 is 0. The number of aliphatic hydroxyl groups is 1. The number of aryl methyl sites for hydroxylation is 1. The minimum Gasteiger partial charge on any atom is -0.479 e. The van der Waals surface area contributed by atoms with Crippen molar-refractivity contribution >= 4 is 11.7 Å². The molecule has 0 aromatic heterocycles. The molecule has 4 nitrogen and oxygen atoms in total. The molecule has 0 amide bonds. The van der Waals surface area contributed by atoms with Crippen LogP contribution in [0.4, 0.5) is 5.69 Å². The summed E-state index contributed by atoms with van der Waals surface area (Å²) in [6.07, 6.45) is 1.02. The summed E-state index contributed by atoms with van der Waals surface area (Å²) in [4.78, 5) is 13.0. The van der Waals surface area contributed by atoms with Gasteiger partial charge >= 0.3 is 5.97 Å². The van der Waals surface area contributed by atoms with Gasteiger partial charge in [0.1, 0.15) is 0 Å². The number of para-hydroxylation sites is 1. The molecular formula is C13H17NO3. The molecule has 1 aromatic carbocycles. The zero-order chi connectivity index (χ0) is 12.5. The molecule has 1 heterocycles. The molecule has 2 N–H and O–H groups in total. The maximum absolute atomic E-state index is 11.1. The molecular weight excluding hydrogens is 218 g/mol. The molecule has 0 bridgehead atoms. The largest absolute Gasteiger partial charge is 0.479 e. The molecule has 0 saturated carbocycles. The average molecular weight is 235 g/mol. The van der Waals surface area contributed by atoms with Gasteiger partial charge < -0.3 is 15.1 Å². The average Bonchev–Trinajstić information content (AvgIpc) is 2.29. The smallest absolute Gasteiger partial charge is 0.337 e. The van der Waals surface area contributed by atoms with Crippen molar-refractivity contribution in [1.29, 1.82) is 0 Å². The van der Waals surface area contributed by atoms with Gasteiger partial charge in [0.25, 0.3) is 0 Å². The Kier molecular flexibility index (Phi) is 3.07. The molecule has 1 aliphatic heterocycles. The van der Waals surface area contributed by atoms with Crippen molar-refractivity contribution in [3.8, 4) is 0 Å². The second kappa shape index (κ2) is 4.37. The Bertz CT molecular complexity index is 432. The summed E-state index contributed by atoms with van der Waals surface area (Å²) in [5, 5.41) is 19.1. The van der Waals surface area contributed by atoms with Crippen LogP contribution in [0.5, 0.6) is 0 Å². The fraction of sp³-hybridized carbons (Fsp3) is 0.462. The highest BCUT2D eigenvalue weighted by Crippen LogP contribution is 2.28. The highest BCUT2D eigenvalue weighted by molar-refractivity contribution is 5.78. The zero-order valence-electron chi connectivity index (χ0n) is 9.89. The predicted molar refractivity (Wildman–Crippen MR) is 65.2 cm³/mol. The topological polar surface area (TPSA) is 60.8 Å². The molecule has 1 unspecified atom stereocenters. The van der Waals surface area contributed by atoms with Crippen LogP contribution in [0.2, 0.25) is 0 Å². The fourth-order valence-corrected chi connectivity index (χ4v) is 2.33. The lowest BCUT2D eigenvalue weighted by Crippen LogP contribution is -2.53. The van der Waals surface area contributed by atoms with E-state index in [2.05, 4.69) is 0 Å². The van der Waals surface area contributed by atoms with Gasteiger partial charge in [0.05, 0.1) is 6.54 Å². The zero-order valence-corrected chi connectivity index (χ0v) is 9.89. The first kappa shape index (κ1) is 11.9. The van der Waals surface area contributed by atoms with E-state index in [1.807, 2.05) is 36.1 Å². The number of nitrogens with zero attached hydrogens (tertiary/aromatic N) is 1. The second-order valence-corrected chi connectivity index (χ2v) is 4.65. The number of anilines is 1. The number of benzene rings is 1. The van der Waals surface area contributed by atoms with E-state index in [9.17, 15) is 9.90 Å². The number of aliphatic carboxylic acids is 1. The SMILES string of the molecule is Cc1ccccc1N1CCCC(O)(C(=O)O)C1.